The molecule has 0 N–H and O–H groups in total. The predicted octanol–water partition coefficient (Wildman–Crippen LogP) is 3.60. The van der Waals surface area contributed by atoms with Crippen molar-refractivity contribution in [3.05, 3.63) is 66.1 Å². The second-order valence-corrected chi connectivity index (χ2v) is 5.08. The van der Waals surface area contributed by atoms with E-state index in [4.69, 9.17) is 9.15 Å². The molecule has 2 aromatic heterocycles. The fourth-order valence-corrected chi connectivity index (χ4v) is 2.31. The van der Waals surface area contributed by atoms with Gasteiger partial charge in [0.05, 0.1) is 18.6 Å². The van der Waals surface area contributed by atoms with E-state index in [-0.39, 0.29) is 12.2 Å². The molecule has 0 saturated carbocycles. The number of aromatic nitrogens is 2. The highest BCUT2D eigenvalue weighted by Gasteiger charge is 2.16. The number of hydrogen-bond acceptors (Lipinski definition) is 5. The van der Waals surface area contributed by atoms with Gasteiger partial charge in [-0.1, -0.05) is 18.2 Å². The van der Waals surface area contributed by atoms with E-state index in [1.807, 2.05) is 36.4 Å². The van der Waals surface area contributed by atoms with Gasteiger partial charge in [-0.05, 0) is 37.3 Å². The van der Waals surface area contributed by atoms with E-state index in [0.717, 1.165) is 5.69 Å². The summed E-state index contributed by atoms with van der Waals surface area (Å²) in [6, 6.07) is 14.9. The second kappa shape index (κ2) is 7.32. The summed E-state index contributed by atoms with van der Waals surface area (Å²) in [5.41, 5.74) is 1.88. The first-order chi connectivity index (χ1) is 12.2. The largest absolute Gasteiger partial charge is 0.463 e. The zero-order valence-corrected chi connectivity index (χ0v) is 13.5. The minimum Gasteiger partial charge on any atom is -0.463 e. The molecule has 1 aromatic carbocycles. The lowest BCUT2D eigenvalue weighted by Crippen LogP contribution is -2.06. The quantitative estimate of drug-likeness (QED) is 0.405. The summed E-state index contributed by atoms with van der Waals surface area (Å²) in [6.07, 6.45) is 4.74. The highest BCUT2D eigenvalue weighted by Crippen LogP contribution is 2.26. The molecule has 0 spiro atoms. The van der Waals surface area contributed by atoms with Crippen LogP contribution in [0.1, 0.15) is 12.5 Å². The van der Waals surface area contributed by atoms with Crippen molar-refractivity contribution >= 4 is 12.0 Å². The van der Waals surface area contributed by atoms with Crippen molar-refractivity contribution in [3.8, 4) is 23.2 Å². The number of nitrogens with zero attached hydrogens (tertiary/aromatic N) is 3. The summed E-state index contributed by atoms with van der Waals surface area (Å²) in [5.74, 6) is -0.120. The molecular formula is C19H15N3O3. The highest BCUT2D eigenvalue weighted by atomic mass is 16.5. The summed E-state index contributed by atoms with van der Waals surface area (Å²) < 4.78 is 12.0. The predicted molar refractivity (Wildman–Crippen MR) is 91.5 cm³/mol. The van der Waals surface area contributed by atoms with E-state index in [2.05, 4.69) is 5.10 Å². The molecule has 0 bridgehead atoms. The van der Waals surface area contributed by atoms with E-state index < -0.39 is 5.97 Å². The van der Waals surface area contributed by atoms with Crippen LogP contribution < -0.4 is 0 Å². The molecule has 6 nitrogen and oxygen atoms in total. The third-order valence-electron chi connectivity index (χ3n) is 3.43. The van der Waals surface area contributed by atoms with Gasteiger partial charge in [-0.15, -0.1) is 0 Å². The molecule has 0 unspecified atom stereocenters. The molecule has 0 amide bonds. The van der Waals surface area contributed by atoms with E-state index in [1.165, 1.54) is 6.08 Å². The fourth-order valence-electron chi connectivity index (χ4n) is 2.31. The van der Waals surface area contributed by atoms with Crippen LogP contribution in [0, 0.1) is 11.3 Å². The zero-order valence-electron chi connectivity index (χ0n) is 13.5. The summed E-state index contributed by atoms with van der Waals surface area (Å²) in [4.78, 5) is 11.9. The number of carbonyl (C=O) groups is 1. The molecule has 0 fully saturated rings. The normalized spacial score (nSPS) is 11.1. The van der Waals surface area contributed by atoms with Crippen molar-refractivity contribution in [1.82, 2.24) is 9.78 Å². The average Bonchev–Trinajstić information content (AvgIpc) is 3.30. The minimum atomic E-state index is -0.664. The third-order valence-corrected chi connectivity index (χ3v) is 3.43. The Morgan fingerprint density at radius 2 is 2.12 bits per heavy atom. The molecular weight excluding hydrogens is 318 g/mol. The molecule has 6 heteroatoms. The number of benzene rings is 1. The minimum absolute atomic E-state index is 0.0951. The lowest BCUT2D eigenvalue weighted by atomic mass is 10.1. The van der Waals surface area contributed by atoms with Crippen LogP contribution in [-0.4, -0.2) is 22.4 Å². The van der Waals surface area contributed by atoms with E-state index in [9.17, 15) is 10.1 Å². The Morgan fingerprint density at radius 1 is 1.32 bits per heavy atom. The van der Waals surface area contributed by atoms with Gasteiger partial charge in [-0.3, -0.25) is 0 Å². The van der Waals surface area contributed by atoms with Crippen molar-refractivity contribution < 1.29 is 13.9 Å². The van der Waals surface area contributed by atoms with Crippen LogP contribution in [0.3, 0.4) is 0 Å². The number of furan rings is 1. The Kier molecular flexibility index (Phi) is 4.77. The maximum atomic E-state index is 11.9. The first-order valence-electron chi connectivity index (χ1n) is 7.70. The lowest BCUT2D eigenvalue weighted by Gasteiger charge is -1.99. The van der Waals surface area contributed by atoms with Crippen LogP contribution in [0.2, 0.25) is 0 Å². The van der Waals surface area contributed by atoms with Gasteiger partial charge in [-0.2, -0.15) is 10.4 Å². The molecule has 3 aromatic rings. The van der Waals surface area contributed by atoms with Gasteiger partial charge in [0.15, 0.2) is 5.76 Å². The summed E-state index contributed by atoms with van der Waals surface area (Å²) in [7, 11) is 0. The van der Waals surface area contributed by atoms with E-state index in [0.29, 0.717) is 17.0 Å². The highest BCUT2D eigenvalue weighted by molar-refractivity contribution is 5.98. The van der Waals surface area contributed by atoms with Gasteiger partial charge in [0, 0.05) is 11.8 Å². The van der Waals surface area contributed by atoms with Crippen LogP contribution in [0.5, 0.6) is 0 Å². The SMILES string of the molecule is CCOC(=O)/C(C#N)=C\c1cn(-c2ccccc2)nc1-c1ccco1. The molecule has 0 saturated heterocycles. The second-order valence-electron chi connectivity index (χ2n) is 5.08. The number of hydrogen-bond donors (Lipinski definition) is 0. The number of carbonyl (C=O) groups excluding carboxylic acids is 1. The monoisotopic (exact) mass is 333 g/mol. The lowest BCUT2D eigenvalue weighted by molar-refractivity contribution is -0.137. The van der Waals surface area contributed by atoms with Gasteiger partial charge >= 0.3 is 5.97 Å². The van der Waals surface area contributed by atoms with Crippen LogP contribution in [0.4, 0.5) is 0 Å². The Morgan fingerprint density at radius 3 is 2.76 bits per heavy atom. The molecule has 0 radical (unpaired) electrons. The van der Waals surface area contributed by atoms with Crippen molar-refractivity contribution in [2.45, 2.75) is 6.92 Å². The van der Waals surface area contributed by atoms with E-state index in [1.54, 1.807) is 36.2 Å². The third kappa shape index (κ3) is 3.51. The molecule has 0 atom stereocenters. The number of nitriles is 1. The Labute approximate surface area is 144 Å². The zero-order chi connectivity index (χ0) is 17.6. The molecule has 25 heavy (non-hydrogen) atoms. The van der Waals surface area contributed by atoms with Gasteiger partial charge in [0.2, 0.25) is 0 Å². The smallest absolute Gasteiger partial charge is 0.348 e. The Balaban J connectivity index is 2.10. The number of esters is 1. The molecule has 0 aliphatic rings. The van der Waals surface area contributed by atoms with Gasteiger partial charge in [0.25, 0.3) is 0 Å². The van der Waals surface area contributed by atoms with Crippen molar-refractivity contribution in [3.63, 3.8) is 0 Å². The summed E-state index contributed by atoms with van der Waals surface area (Å²) >= 11 is 0. The fraction of sp³-hybridized carbons (Fsp3) is 0.105. The average molecular weight is 333 g/mol. The summed E-state index contributed by atoms with van der Waals surface area (Å²) in [5, 5.41) is 13.8. The molecule has 0 aliphatic carbocycles. The Hall–Kier alpha value is -3.59. The van der Waals surface area contributed by atoms with Crippen molar-refractivity contribution in [2.24, 2.45) is 0 Å². The number of para-hydroxylation sites is 1. The number of ether oxygens (including phenoxy) is 1. The van der Waals surface area contributed by atoms with Crippen molar-refractivity contribution in [1.29, 1.82) is 5.26 Å². The van der Waals surface area contributed by atoms with E-state index >= 15 is 0 Å². The molecule has 3 rings (SSSR count). The first kappa shape index (κ1) is 16.3. The molecule has 0 aliphatic heterocycles. The van der Waals surface area contributed by atoms with Crippen molar-refractivity contribution in [2.75, 3.05) is 6.61 Å². The first-order valence-corrected chi connectivity index (χ1v) is 7.70. The number of rotatable bonds is 5. The molecule has 124 valence electrons. The maximum Gasteiger partial charge on any atom is 0.348 e. The van der Waals surface area contributed by atoms with Gasteiger partial charge < -0.3 is 9.15 Å². The van der Waals surface area contributed by atoms with Crippen LogP contribution in [0.15, 0.2) is 64.9 Å². The summed E-state index contributed by atoms with van der Waals surface area (Å²) in [6.45, 7) is 1.89. The van der Waals surface area contributed by atoms with Gasteiger partial charge in [0.1, 0.15) is 17.3 Å². The van der Waals surface area contributed by atoms with Crippen LogP contribution in [-0.2, 0) is 9.53 Å². The van der Waals surface area contributed by atoms with Gasteiger partial charge in [-0.25, -0.2) is 9.48 Å². The molecule has 2 heterocycles. The maximum absolute atomic E-state index is 11.9. The Bertz CT molecular complexity index is 932. The van der Waals surface area contributed by atoms with Crippen LogP contribution >= 0.6 is 0 Å². The topological polar surface area (TPSA) is 81.0 Å². The standard InChI is InChI=1S/C19H15N3O3/c1-2-24-19(23)14(12-20)11-15-13-22(16-7-4-3-5-8-16)21-18(15)17-9-6-10-25-17/h3-11,13H,2H2,1H3/b14-11-. The van der Waals surface area contributed by atoms with Crippen LogP contribution in [0.25, 0.3) is 23.2 Å².